The highest BCUT2D eigenvalue weighted by atomic mass is 15.0. The van der Waals surface area contributed by atoms with Crippen LogP contribution in [0.15, 0.2) is 188 Å². The van der Waals surface area contributed by atoms with Crippen LogP contribution in [-0.2, 0) is 0 Å². The van der Waals surface area contributed by atoms with Crippen molar-refractivity contribution in [1.29, 1.82) is 0 Å². The molecule has 236 valence electrons. The Morgan fingerprint density at radius 1 is 0.294 bits per heavy atom. The Morgan fingerprint density at radius 2 is 0.706 bits per heavy atom. The number of fused-ring (bicyclic) bond motifs is 9. The van der Waals surface area contributed by atoms with Crippen LogP contribution in [0.25, 0.3) is 72.0 Å². The van der Waals surface area contributed by atoms with Gasteiger partial charge in [-0.25, -0.2) is 0 Å². The van der Waals surface area contributed by atoms with Crippen molar-refractivity contribution >= 4 is 58.2 Å². The highest BCUT2D eigenvalue weighted by Gasteiger charge is 2.20. The molecule has 0 N–H and O–H groups in total. The van der Waals surface area contributed by atoms with E-state index in [1.807, 2.05) is 0 Å². The van der Waals surface area contributed by atoms with E-state index in [-0.39, 0.29) is 0 Å². The summed E-state index contributed by atoms with van der Waals surface area (Å²) in [6.07, 6.45) is 0. The first-order valence-electron chi connectivity index (χ1n) is 17.9. The fourth-order valence-corrected chi connectivity index (χ4v) is 8.24. The molecule has 0 unspecified atom stereocenters. The summed E-state index contributed by atoms with van der Waals surface area (Å²) in [4.78, 5) is 0. The second-order valence-electron chi connectivity index (χ2n) is 13.7. The number of hydrogen-bond donors (Lipinski definition) is 0. The molecule has 3 heteroatoms. The van der Waals surface area contributed by atoms with Crippen molar-refractivity contribution in [2.75, 3.05) is 0 Å². The minimum atomic E-state index is 0.857. The van der Waals surface area contributed by atoms with E-state index in [0.717, 1.165) is 14.6 Å². The van der Waals surface area contributed by atoms with Crippen molar-refractivity contribution in [3.05, 3.63) is 188 Å². The van der Waals surface area contributed by atoms with Crippen molar-refractivity contribution in [3.63, 3.8) is 0 Å². The summed E-state index contributed by atoms with van der Waals surface area (Å²) >= 11 is 0. The number of nitrogens with zero attached hydrogens (tertiary/aromatic N) is 1. The molecule has 0 spiro atoms. The zero-order valence-electron chi connectivity index (χ0n) is 28.3. The van der Waals surface area contributed by atoms with E-state index in [1.54, 1.807) is 0 Å². The van der Waals surface area contributed by atoms with Gasteiger partial charge in [0.05, 0.1) is 11.0 Å². The number of benzene rings is 8. The van der Waals surface area contributed by atoms with Gasteiger partial charge in [0.25, 0.3) is 0 Å². The Hall–Kier alpha value is -6.31. The monoisotopic (exact) mass is 645 g/mol. The second-order valence-corrected chi connectivity index (χ2v) is 13.7. The van der Waals surface area contributed by atoms with Crippen LogP contribution in [0.3, 0.4) is 0 Å². The molecule has 0 amide bonds. The van der Waals surface area contributed by atoms with Crippen LogP contribution in [0, 0.1) is 0 Å². The fourth-order valence-electron chi connectivity index (χ4n) is 8.24. The lowest BCUT2D eigenvalue weighted by Gasteiger charge is -2.21. The van der Waals surface area contributed by atoms with Crippen LogP contribution >= 0.6 is 0 Å². The molecule has 0 bridgehead atoms. The highest BCUT2D eigenvalue weighted by Crippen LogP contribution is 2.33. The molecular formula is C48H33B2N. The zero-order chi connectivity index (χ0) is 33.7. The first-order chi connectivity index (χ1) is 25.3. The Balaban J connectivity index is 1.10. The van der Waals surface area contributed by atoms with Crippen molar-refractivity contribution < 1.29 is 0 Å². The van der Waals surface area contributed by atoms with Crippen LogP contribution < -0.4 is 21.9 Å². The maximum absolute atomic E-state index is 2.43. The van der Waals surface area contributed by atoms with Crippen molar-refractivity contribution in [3.8, 4) is 50.2 Å². The van der Waals surface area contributed by atoms with Crippen LogP contribution in [0.4, 0.5) is 0 Å². The van der Waals surface area contributed by atoms with Crippen LogP contribution in [0.5, 0.6) is 0 Å². The van der Waals surface area contributed by atoms with E-state index in [2.05, 4.69) is 193 Å². The first kappa shape index (κ1) is 29.6. The number of aromatic nitrogens is 1. The molecular weight excluding hydrogens is 612 g/mol. The number of rotatable bonds is 3. The van der Waals surface area contributed by atoms with Gasteiger partial charge in [0.15, 0.2) is 14.6 Å². The normalized spacial score (nSPS) is 11.8. The van der Waals surface area contributed by atoms with E-state index in [4.69, 9.17) is 0 Å². The Labute approximate surface area is 300 Å². The van der Waals surface area contributed by atoms with Gasteiger partial charge in [-0.15, -0.1) is 0 Å². The molecule has 0 aliphatic carbocycles. The summed E-state index contributed by atoms with van der Waals surface area (Å²) in [6.45, 7) is 0. The average molecular weight is 645 g/mol. The van der Waals surface area contributed by atoms with Gasteiger partial charge in [-0.05, 0) is 80.9 Å². The third-order valence-corrected chi connectivity index (χ3v) is 10.7. The highest BCUT2D eigenvalue weighted by molar-refractivity contribution is 6.74. The minimum absolute atomic E-state index is 0.857. The van der Waals surface area contributed by atoms with Gasteiger partial charge in [-0.2, -0.15) is 0 Å². The molecule has 1 aliphatic rings. The average Bonchev–Trinajstić information content (AvgIpc) is 3.53. The number of hydrogen-bond acceptors (Lipinski definition) is 0. The van der Waals surface area contributed by atoms with Crippen LogP contribution in [0.2, 0.25) is 0 Å². The van der Waals surface area contributed by atoms with Gasteiger partial charge in [0, 0.05) is 16.5 Å². The minimum Gasteiger partial charge on any atom is -0.309 e. The summed E-state index contributed by atoms with van der Waals surface area (Å²) in [6, 6.07) is 69.4. The van der Waals surface area contributed by atoms with Crippen LogP contribution in [0.1, 0.15) is 0 Å². The molecule has 2 heterocycles. The summed E-state index contributed by atoms with van der Waals surface area (Å²) in [5, 5.41) is 2.56. The van der Waals surface area contributed by atoms with E-state index < -0.39 is 0 Å². The van der Waals surface area contributed by atoms with E-state index in [1.165, 1.54) is 93.9 Å². The molecule has 0 fully saturated rings. The molecule has 1 nitrogen and oxygen atoms in total. The standard InChI is InChI=1S/C48H33B2N/c1-2-12-32(13-3-1)34-24-28-45-41(30-34)37-14-4-8-18-43(37)49-44-19-9-5-15-38(44)42-31-35(25-29-46(42)50-45)33-22-26-36(27-23-33)51-47-20-10-6-16-39(47)40-17-7-11-21-48(40)51/h1-31,49-50H. The topological polar surface area (TPSA) is 4.93 Å². The van der Waals surface area contributed by atoms with Crippen molar-refractivity contribution in [2.45, 2.75) is 0 Å². The number of para-hydroxylation sites is 2. The summed E-state index contributed by atoms with van der Waals surface area (Å²) in [5.74, 6) is 0. The predicted molar refractivity (Wildman–Crippen MR) is 222 cm³/mol. The lowest BCUT2D eigenvalue weighted by atomic mass is 9.54. The summed E-state index contributed by atoms with van der Waals surface area (Å²) < 4.78 is 2.39. The van der Waals surface area contributed by atoms with Gasteiger partial charge in [0.2, 0.25) is 0 Å². The van der Waals surface area contributed by atoms with Crippen molar-refractivity contribution in [2.24, 2.45) is 0 Å². The molecule has 8 aromatic carbocycles. The maximum atomic E-state index is 2.43. The molecule has 0 saturated carbocycles. The molecule has 0 atom stereocenters. The maximum Gasteiger partial charge on any atom is 0.193 e. The van der Waals surface area contributed by atoms with E-state index >= 15 is 0 Å². The third-order valence-electron chi connectivity index (χ3n) is 10.7. The van der Waals surface area contributed by atoms with Gasteiger partial charge >= 0.3 is 0 Å². The summed E-state index contributed by atoms with van der Waals surface area (Å²) in [7, 11) is 1.73. The van der Waals surface area contributed by atoms with E-state index in [9.17, 15) is 0 Å². The largest absolute Gasteiger partial charge is 0.309 e. The Bertz CT molecular complexity index is 2690. The lowest BCUT2D eigenvalue weighted by molar-refractivity contribution is 1.18. The van der Waals surface area contributed by atoms with Crippen molar-refractivity contribution in [1.82, 2.24) is 4.57 Å². The molecule has 10 rings (SSSR count). The molecule has 9 aromatic rings. The van der Waals surface area contributed by atoms with Gasteiger partial charge in [-0.1, -0.05) is 174 Å². The predicted octanol–water partition coefficient (Wildman–Crippen LogP) is 8.54. The third kappa shape index (κ3) is 5.13. The molecule has 1 aromatic heterocycles. The molecule has 0 saturated heterocycles. The first-order valence-corrected chi connectivity index (χ1v) is 17.9. The Kier molecular flexibility index (Phi) is 7.10. The van der Waals surface area contributed by atoms with Gasteiger partial charge < -0.3 is 4.57 Å². The summed E-state index contributed by atoms with van der Waals surface area (Å²) in [5.41, 5.74) is 19.3. The lowest BCUT2D eigenvalue weighted by Crippen LogP contribution is -2.37. The van der Waals surface area contributed by atoms with E-state index in [0.29, 0.717) is 0 Å². The molecule has 1 aliphatic heterocycles. The quantitative estimate of drug-likeness (QED) is 0.170. The molecule has 51 heavy (non-hydrogen) atoms. The van der Waals surface area contributed by atoms with Gasteiger partial charge in [0.1, 0.15) is 0 Å². The second kappa shape index (κ2) is 12.2. The van der Waals surface area contributed by atoms with Gasteiger partial charge in [-0.3, -0.25) is 0 Å². The SMILES string of the molecule is B1c2ccccc2-c2cc(-c3ccccc3)ccc2Bc2ccc(-c3ccc(-n4c5ccccc5c5ccccc54)cc3)cc2-c2ccccc21. The smallest absolute Gasteiger partial charge is 0.193 e. The fraction of sp³-hybridized carbons (Fsp3) is 0. The Morgan fingerprint density at radius 3 is 1.25 bits per heavy atom. The van der Waals surface area contributed by atoms with Crippen LogP contribution in [-0.4, -0.2) is 19.1 Å². The zero-order valence-corrected chi connectivity index (χ0v) is 28.3. The molecule has 0 radical (unpaired) electrons.